The normalized spacial score (nSPS) is 18.6. The number of thiazole rings is 1. The highest BCUT2D eigenvalue weighted by atomic mass is 32.1. The first-order chi connectivity index (χ1) is 12.8. The molecule has 4 nitrogen and oxygen atoms in total. The molecule has 2 heterocycles. The van der Waals surface area contributed by atoms with Crippen LogP contribution in [0.1, 0.15) is 36.9 Å². The smallest absolute Gasteiger partial charge is 0.416 e. The summed E-state index contributed by atoms with van der Waals surface area (Å²) in [7, 11) is 0. The number of piperidine rings is 1. The van der Waals surface area contributed by atoms with E-state index in [4.69, 9.17) is 5.11 Å². The van der Waals surface area contributed by atoms with Gasteiger partial charge >= 0.3 is 12.1 Å². The largest absolute Gasteiger partial charge is 0.481 e. The van der Waals surface area contributed by atoms with Gasteiger partial charge in [0.25, 0.3) is 0 Å². The third-order valence-electron chi connectivity index (χ3n) is 4.77. The molecular formula is C19H21F3N2O2S. The molecule has 8 heteroatoms. The lowest BCUT2D eigenvalue weighted by Gasteiger charge is -2.32. The SMILES string of the molecule is O=C(O)CCC1CCCN(Cc2csc(-c3ccc(C(F)(F)F)cc3)n2)C1. The number of aliphatic carboxylic acids is 1. The number of rotatable bonds is 6. The van der Waals surface area contributed by atoms with Gasteiger partial charge in [-0.1, -0.05) is 12.1 Å². The van der Waals surface area contributed by atoms with Crippen LogP contribution in [0.4, 0.5) is 13.2 Å². The number of nitrogens with zero attached hydrogens (tertiary/aromatic N) is 2. The third kappa shape index (κ3) is 5.52. The van der Waals surface area contributed by atoms with E-state index in [1.807, 2.05) is 5.38 Å². The van der Waals surface area contributed by atoms with Gasteiger partial charge in [0.2, 0.25) is 0 Å². The van der Waals surface area contributed by atoms with Crippen molar-refractivity contribution in [3.05, 3.63) is 40.9 Å². The highest BCUT2D eigenvalue weighted by Gasteiger charge is 2.30. The first-order valence-corrected chi connectivity index (χ1v) is 9.75. The van der Waals surface area contributed by atoms with Gasteiger partial charge in [0.15, 0.2) is 0 Å². The van der Waals surface area contributed by atoms with E-state index in [-0.39, 0.29) is 6.42 Å². The first kappa shape index (κ1) is 19.8. The van der Waals surface area contributed by atoms with E-state index < -0.39 is 17.7 Å². The van der Waals surface area contributed by atoms with Crippen LogP contribution in [0.15, 0.2) is 29.6 Å². The molecule has 1 aliphatic rings. The summed E-state index contributed by atoms with van der Waals surface area (Å²) in [6, 6.07) is 5.06. The van der Waals surface area contributed by atoms with Crippen molar-refractivity contribution in [3.8, 4) is 10.6 Å². The van der Waals surface area contributed by atoms with Crippen molar-refractivity contribution in [2.24, 2.45) is 5.92 Å². The molecule has 27 heavy (non-hydrogen) atoms. The van der Waals surface area contributed by atoms with Crippen LogP contribution in [-0.2, 0) is 17.5 Å². The Hall–Kier alpha value is -1.93. The fourth-order valence-corrected chi connectivity index (χ4v) is 4.22. The Balaban J connectivity index is 1.60. The summed E-state index contributed by atoms with van der Waals surface area (Å²) >= 11 is 1.42. The highest BCUT2D eigenvalue weighted by Crippen LogP contribution is 2.32. The zero-order valence-electron chi connectivity index (χ0n) is 14.7. The second-order valence-corrected chi connectivity index (χ2v) is 7.75. The average molecular weight is 398 g/mol. The number of carbonyl (C=O) groups is 1. The standard InChI is InChI=1S/C19H21F3N2O2S/c20-19(21,22)15-6-4-14(5-7-15)18-23-16(12-27-18)11-24-9-1-2-13(10-24)3-8-17(25)26/h4-7,12-13H,1-3,8-11H2,(H,25,26). The summed E-state index contributed by atoms with van der Waals surface area (Å²) in [5.74, 6) is -0.365. The summed E-state index contributed by atoms with van der Waals surface area (Å²) < 4.78 is 38.0. The minimum Gasteiger partial charge on any atom is -0.481 e. The van der Waals surface area contributed by atoms with Gasteiger partial charge in [0.05, 0.1) is 11.3 Å². The summed E-state index contributed by atoms with van der Waals surface area (Å²) in [6.45, 7) is 2.50. The lowest BCUT2D eigenvalue weighted by Crippen LogP contribution is -2.35. The van der Waals surface area contributed by atoms with Crippen molar-refractivity contribution in [3.63, 3.8) is 0 Å². The van der Waals surface area contributed by atoms with E-state index >= 15 is 0 Å². The van der Waals surface area contributed by atoms with Gasteiger partial charge in [-0.05, 0) is 43.9 Å². The van der Waals surface area contributed by atoms with Gasteiger partial charge in [-0.3, -0.25) is 9.69 Å². The Morgan fingerprint density at radius 1 is 1.30 bits per heavy atom. The van der Waals surface area contributed by atoms with Crippen LogP contribution in [0.25, 0.3) is 10.6 Å². The third-order valence-corrected chi connectivity index (χ3v) is 5.71. The van der Waals surface area contributed by atoms with Crippen molar-refractivity contribution < 1.29 is 23.1 Å². The predicted octanol–water partition coefficient (Wildman–Crippen LogP) is 4.91. The molecule has 1 saturated heterocycles. The molecule has 1 aliphatic heterocycles. The molecule has 1 aromatic heterocycles. The molecule has 0 amide bonds. The molecule has 0 spiro atoms. The number of carboxylic acid groups (broad SMARTS) is 1. The lowest BCUT2D eigenvalue weighted by atomic mass is 9.93. The quantitative estimate of drug-likeness (QED) is 0.752. The van der Waals surface area contributed by atoms with Crippen LogP contribution in [0.3, 0.4) is 0 Å². The molecule has 1 atom stereocenters. The van der Waals surface area contributed by atoms with Crippen LogP contribution in [0.5, 0.6) is 0 Å². The number of carboxylic acids is 1. The van der Waals surface area contributed by atoms with Crippen molar-refractivity contribution in [1.29, 1.82) is 0 Å². The molecule has 0 aliphatic carbocycles. The summed E-state index contributed by atoms with van der Waals surface area (Å²) in [5, 5.41) is 11.5. The Bertz CT molecular complexity index is 774. The molecule has 0 bridgehead atoms. The zero-order chi connectivity index (χ0) is 19.4. The van der Waals surface area contributed by atoms with Crippen molar-refractivity contribution in [2.75, 3.05) is 13.1 Å². The topological polar surface area (TPSA) is 53.4 Å². The fraction of sp³-hybridized carbons (Fsp3) is 0.474. The maximum atomic E-state index is 12.7. The van der Waals surface area contributed by atoms with Gasteiger partial charge in [-0.25, -0.2) is 4.98 Å². The molecule has 2 aromatic rings. The van der Waals surface area contributed by atoms with E-state index in [9.17, 15) is 18.0 Å². The molecular weight excluding hydrogens is 377 g/mol. The Labute approximate surface area is 159 Å². The van der Waals surface area contributed by atoms with Crippen molar-refractivity contribution >= 4 is 17.3 Å². The highest BCUT2D eigenvalue weighted by molar-refractivity contribution is 7.13. The second-order valence-electron chi connectivity index (χ2n) is 6.89. The number of benzene rings is 1. The molecule has 0 saturated carbocycles. The van der Waals surface area contributed by atoms with E-state index in [0.717, 1.165) is 43.8 Å². The van der Waals surface area contributed by atoms with E-state index in [1.54, 1.807) is 0 Å². The van der Waals surface area contributed by atoms with Crippen molar-refractivity contribution in [2.45, 2.75) is 38.4 Å². The maximum Gasteiger partial charge on any atom is 0.416 e. The molecule has 1 fully saturated rings. The predicted molar refractivity (Wildman–Crippen MR) is 97.4 cm³/mol. The molecule has 1 N–H and O–H groups in total. The fourth-order valence-electron chi connectivity index (χ4n) is 3.40. The van der Waals surface area contributed by atoms with Crippen LogP contribution >= 0.6 is 11.3 Å². The van der Waals surface area contributed by atoms with E-state index in [2.05, 4.69) is 9.88 Å². The number of hydrogen-bond acceptors (Lipinski definition) is 4. The number of aromatic nitrogens is 1. The first-order valence-electron chi connectivity index (χ1n) is 8.87. The molecule has 1 aromatic carbocycles. The summed E-state index contributed by atoms with van der Waals surface area (Å²) in [5.41, 5.74) is 0.912. The van der Waals surface area contributed by atoms with Gasteiger partial charge in [0.1, 0.15) is 5.01 Å². The Kier molecular flexibility index (Phi) is 6.16. The molecule has 0 radical (unpaired) electrons. The zero-order valence-corrected chi connectivity index (χ0v) is 15.5. The molecule has 1 unspecified atom stereocenters. The number of alkyl halides is 3. The average Bonchev–Trinajstić information content (AvgIpc) is 3.08. The number of likely N-dealkylation sites (tertiary alicyclic amines) is 1. The Morgan fingerprint density at radius 3 is 2.70 bits per heavy atom. The van der Waals surface area contributed by atoms with Gasteiger partial charge in [0, 0.05) is 30.5 Å². The minimum absolute atomic E-state index is 0.202. The number of hydrogen-bond donors (Lipinski definition) is 1. The second kappa shape index (κ2) is 8.39. The van der Waals surface area contributed by atoms with Crippen LogP contribution in [0, 0.1) is 5.92 Å². The van der Waals surface area contributed by atoms with Gasteiger partial charge in [-0.2, -0.15) is 13.2 Å². The van der Waals surface area contributed by atoms with Crippen molar-refractivity contribution in [1.82, 2.24) is 9.88 Å². The minimum atomic E-state index is -4.34. The molecule has 146 valence electrons. The monoisotopic (exact) mass is 398 g/mol. The number of halogens is 3. The van der Waals surface area contributed by atoms with Crippen LogP contribution in [-0.4, -0.2) is 34.0 Å². The van der Waals surface area contributed by atoms with E-state index in [0.29, 0.717) is 29.5 Å². The van der Waals surface area contributed by atoms with Crippen LogP contribution < -0.4 is 0 Å². The lowest BCUT2D eigenvalue weighted by molar-refractivity contribution is -0.138. The summed E-state index contributed by atoms with van der Waals surface area (Å²) in [4.78, 5) is 17.6. The van der Waals surface area contributed by atoms with Crippen LogP contribution in [0.2, 0.25) is 0 Å². The van der Waals surface area contributed by atoms with E-state index in [1.165, 1.54) is 23.5 Å². The van der Waals surface area contributed by atoms with Gasteiger partial charge in [-0.15, -0.1) is 11.3 Å². The molecule has 3 rings (SSSR count). The maximum absolute atomic E-state index is 12.7. The summed E-state index contributed by atoms with van der Waals surface area (Å²) in [6.07, 6.45) is -1.34. The Morgan fingerprint density at radius 2 is 2.04 bits per heavy atom. The van der Waals surface area contributed by atoms with Gasteiger partial charge < -0.3 is 5.11 Å².